The molecule has 0 saturated carbocycles. The average Bonchev–Trinajstić information content (AvgIpc) is 2.37. The van der Waals surface area contributed by atoms with E-state index in [1.54, 1.807) is 0 Å². The Morgan fingerprint density at radius 3 is 2.53 bits per heavy atom. The molecule has 1 N–H and O–H groups in total. The first kappa shape index (κ1) is 14.1. The van der Waals surface area contributed by atoms with Crippen LogP contribution in [0.5, 0.6) is 0 Å². The van der Waals surface area contributed by atoms with E-state index in [4.69, 9.17) is 9.47 Å². The molecule has 1 aliphatic heterocycles. The van der Waals surface area contributed by atoms with E-state index in [1.165, 1.54) is 5.56 Å². The number of aliphatic hydroxyl groups excluding tert-OH is 1. The second-order valence-corrected chi connectivity index (χ2v) is 5.82. The van der Waals surface area contributed by atoms with Gasteiger partial charge in [-0.05, 0) is 32.4 Å². The third-order valence-electron chi connectivity index (χ3n) is 2.98. The molecule has 2 atom stereocenters. The van der Waals surface area contributed by atoms with Crippen LogP contribution in [-0.4, -0.2) is 23.6 Å². The van der Waals surface area contributed by atoms with Crippen LogP contribution < -0.4 is 0 Å². The van der Waals surface area contributed by atoms with Crippen molar-refractivity contribution in [2.45, 2.75) is 45.0 Å². The van der Waals surface area contributed by atoms with Gasteiger partial charge in [0.1, 0.15) is 12.4 Å². The zero-order chi connectivity index (χ0) is 13.9. The van der Waals surface area contributed by atoms with Crippen molar-refractivity contribution in [3.05, 3.63) is 47.7 Å². The maximum absolute atomic E-state index is 9.32. The first-order valence-electron chi connectivity index (χ1n) is 6.69. The normalized spacial score (nSPS) is 23.7. The lowest BCUT2D eigenvalue weighted by Crippen LogP contribution is -2.33. The molecule has 0 amide bonds. The number of allylic oxidation sites excluding steroid dienone is 1. The van der Waals surface area contributed by atoms with Gasteiger partial charge in [0.05, 0.1) is 5.60 Å². The Hall–Kier alpha value is -1.32. The standard InChI is InChI=1S/C16H22O3/c1-16(2,3)19-15-10-13(9-14(11-17)18-15)12-7-5-4-6-8-12/h4-9,13,15,17H,10-11H2,1-3H3/t13-,15+/m0/s1. The van der Waals surface area contributed by atoms with E-state index in [9.17, 15) is 5.11 Å². The summed E-state index contributed by atoms with van der Waals surface area (Å²) in [4.78, 5) is 0. The summed E-state index contributed by atoms with van der Waals surface area (Å²) in [5, 5.41) is 9.32. The minimum atomic E-state index is -0.308. The van der Waals surface area contributed by atoms with E-state index in [2.05, 4.69) is 12.1 Å². The van der Waals surface area contributed by atoms with Gasteiger partial charge in [0, 0.05) is 12.3 Å². The van der Waals surface area contributed by atoms with Crippen molar-refractivity contribution in [2.24, 2.45) is 0 Å². The van der Waals surface area contributed by atoms with Crippen molar-refractivity contribution in [1.29, 1.82) is 0 Å². The summed E-state index contributed by atoms with van der Waals surface area (Å²) >= 11 is 0. The Kier molecular flexibility index (Phi) is 4.27. The Bertz CT molecular complexity index is 431. The van der Waals surface area contributed by atoms with E-state index in [-0.39, 0.29) is 24.4 Å². The number of ether oxygens (including phenoxy) is 2. The summed E-state index contributed by atoms with van der Waals surface area (Å²) in [5.74, 6) is 0.818. The fourth-order valence-electron chi connectivity index (χ4n) is 2.25. The molecule has 1 aliphatic rings. The Labute approximate surface area is 114 Å². The highest BCUT2D eigenvalue weighted by Crippen LogP contribution is 2.32. The maximum Gasteiger partial charge on any atom is 0.200 e. The van der Waals surface area contributed by atoms with E-state index < -0.39 is 0 Å². The van der Waals surface area contributed by atoms with Gasteiger partial charge >= 0.3 is 0 Å². The van der Waals surface area contributed by atoms with E-state index >= 15 is 0 Å². The van der Waals surface area contributed by atoms with Crippen LogP contribution in [0, 0.1) is 0 Å². The zero-order valence-corrected chi connectivity index (χ0v) is 11.8. The molecule has 1 aromatic rings. The largest absolute Gasteiger partial charge is 0.467 e. The van der Waals surface area contributed by atoms with Gasteiger partial charge in [0.2, 0.25) is 6.29 Å². The van der Waals surface area contributed by atoms with Gasteiger partial charge in [-0.25, -0.2) is 0 Å². The molecule has 3 nitrogen and oxygen atoms in total. The fraction of sp³-hybridized carbons (Fsp3) is 0.500. The lowest BCUT2D eigenvalue weighted by atomic mass is 9.93. The fourth-order valence-corrected chi connectivity index (χ4v) is 2.25. The summed E-state index contributed by atoms with van der Waals surface area (Å²) < 4.78 is 11.5. The molecule has 0 aromatic heterocycles. The number of benzene rings is 1. The summed E-state index contributed by atoms with van der Waals surface area (Å²) in [6.07, 6.45) is 2.44. The van der Waals surface area contributed by atoms with Gasteiger partial charge < -0.3 is 14.6 Å². The summed E-state index contributed by atoms with van der Waals surface area (Å²) in [5.41, 5.74) is 0.961. The molecule has 0 bridgehead atoms. The highest BCUT2D eigenvalue weighted by atomic mass is 16.7. The number of hydrogen-bond donors (Lipinski definition) is 1. The predicted molar refractivity (Wildman–Crippen MR) is 74.7 cm³/mol. The van der Waals surface area contributed by atoms with Crippen LogP contribution in [0.15, 0.2) is 42.2 Å². The second kappa shape index (κ2) is 5.76. The second-order valence-electron chi connectivity index (χ2n) is 5.82. The lowest BCUT2D eigenvalue weighted by Gasteiger charge is -2.33. The minimum absolute atomic E-state index is 0.0899. The summed E-state index contributed by atoms with van der Waals surface area (Å²) in [6, 6.07) is 10.2. The molecule has 2 rings (SSSR count). The quantitative estimate of drug-likeness (QED) is 0.909. The third-order valence-corrected chi connectivity index (χ3v) is 2.98. The van der Waals surface area contributed by atoms with E-state index in [0.717, 1.165) is 6.42 Å². The highest BCUT2D eigenvalue weighted by molar-refractivity contribution is 5.25. The van der Waals surface area contributed by atoms with Crippen molar-refractivity contribution in [2.75, 3.05) is 6.61 Å². The molecule has 0 saturated heterocycles. The molecule has 1 heterocycles. The summed E-state index contributed by atoms with van der Waals surface area (Å²) in [6.45, 7) is 5.92. The van der Waals surface area contributed by atoms with Gasteiger partial charge in [-0.1, -0.05) is 30.3 Å². The average molecular weight is 262 g/mol. The lowest BCUT2D eigenvalue weighted by molar-refractivity contribution is -0.188. The molecule has 0 aliphatic carbocycles. The number of aliphatic hydroxyl groups is 1. The van der Waals surface area contributed by atoms with Crippen LogP contribution in [0.25, 0.3) is 0 Å². The predicted octanol–water partition coefficient (Wildman–Crippen LogP) is 3.21. The van der Waals surface area contributed by atoms with Gasteiger partial charge in [0.25, 0.3) is 0 Å². The molecular formula is C16H22O3. The molecule has 104 valence electrons. The Balaban J connectivity index is 2.16. The monoisotopic (exact) mass is 262 g/mol. The first-order chi connectivity index (χ1) is 8.98. The van der Waals surface area contributed by atoms with Gasteiger partial charge in [0.15, 0.2) is 0 Å². The van der Waals surface area contributed by atoms with Crippen LogP contribution in [0.2, 0.25) is 0 Å². The molecule has 3 heteroatoms. The van der Waals surface area contributed by atoms with Crippen LogP contribution in [0.1, 0.15) is 38.7 Å². The van der Waals surface area contributed by atoms with E-state index in [0.29, 0.717) is 5.76 Å². The molecule has 0 spiro atoms. The van der Waals surface area contributed by atoms with Crippen LogP contribution >= 0.6 is 0 Å². The maximum atomic E-state index is 9.32. The van der Waals surface area contributed by atoms with Crippen molar-refractivity contribution in [1.82, 2.24) is 0 Å². The molecule has 0 radical (unpaired) electrons. The number of hydrogen-bond acceptors (Lipinski definition) is 3. The van der Waals surface area contributed by atoms with Crippen molar-refractivity contribution >= 4 is 0 Å². The molecule has 0 unspecified atom stereocenters. The van der Waals surface area contributed by atoms with E-state index in [1.807, 2.05) is 45.0 Å². The molecule has 19 heavy (non-hydrogen) atoms. The Morgan fingerprint density at radius 1 is 1.26 bits per heavy atom. The zero-order valence-electron chi connectivity index (χ0n) is 11.8. The molecule has 1 aromatic carbocycles. The highest BCUT2D eigenvalue weighted by Gasteiger charge is 2.28. The minimum Gasteiger partial charge on any atom is -0.467 e. The topological polar surface area (TPSA) is 38.7 Å². The van der Waals surface area contributed by atoms with Crippen LogP contribution in [0.3, 0.4) is 0 Å². The van der Waals surface area contributed by atoms with Crippen LogP contribution in [-0.2, 0) is 9.47 Å². The van der Waals surface area contributed by atoms with Gasteiger partial charge in [-0.2, -0.15) is 0 Å². The third kappa shape index (κ3) is 4.08. The smallest absolute Gasteiger partial charge is 0.200 e. The Morgan fingerprint density at radius 2 is 1.95 bits per heavy atom. The van der Waals surface area contributed by atoms with Gasteiger partial charge in [-0.3, -0.25) is 0 Å². The first-order valence-corrected chi connectivity index (χ1v) is 6.69. The van der Waals surface area contributed by atoms with Crippen molar-refractivity contribution in [3.8, 4) is 0 Å². The number of rotatable bonds is 3. The van der Waals surface area contributed by atoms with Crippen LogP contribution in [0.4, 0.5) is 0 Å². The summed E-state index contributed by atoms with van der Waals surface area (Å²) in [7, 11) is 0. The van der Waals surface area contributed by atoms with Gasteiger partial charge in [-0.15, -0.1) is 0 Å². The molecule has 0 fully saturated rings. The van der Waals surface area contributed by atoms with Crippen molar-refractivity contribution < 1.29 is 14.6 Å². The van der Waals surface area contributed by atoms with Crippen molar-refractivity contribution in [3.63, 3.8) is 0 Å². The SMILES string of the molecule is CC(C)(C)O[C@@H]1C[C@@H](c2ccccc2)C=C(CO)O1. The molecular weight excluding hydrogens is 240 g/mol.